The Balaban J connectivity index is 1.78. The molecule has 2 amide bonds. The maximum atomic E-state index is 12.7. The molecule has 136 valence electrons. The number of amides is 2. The van der Waals surface area contributed by atoms with Gasteiger partial charge in [0.15, 0.2) is 0 Å². The molecule has 24 heavy (non-hydrogen) atoms. The molecule has 6 heteroatoms. The molecule has 5 nitrogen and oxygen atoms in total. The van der Waals surface area contributed by atoms with E-state index in [1.54, 1.807) is 6.92 Å². The maximum Gasteiger partial charge on any atom is 0.426 e. The van der Waals surface area contributed by atoms with E-state index in [1.165, 1.54) is 11.4 Å². The third-order valence-electron chi connectivity index (χ3n) is 5.66. The Bertz CT molecular complexity index is 487. The predicted molar refractivity (Wildman–Crippen MR) is 92.4 cm³/mol. The first-order valence-electron chi connectivity index (χ1n) is 9.11. The van der Waals surface area contributed by atoms with Crippen LogP contribution in [0.4, 0.5) is 4.79 Å². The van der Waals surface area contributed by atoms with Crippen LogP contribution >= 0.6 is 11.6 Å². The van der Waals surface area contributed by atoms with Gasteiger partial charge in [0.1, 0.15) is 11.0 Å². The van der Waals surface area contributed by atoms with Crippen LogP contribution in [0.3, 0.4) is 0 Å². The van der Waals surface area contributed by atoms with Gasteiger partial charge in [-0.15, -0.1) is 11.6 Å². The van der Waals surface area contributed by atoms with Crippen LogP contribution in [0.25, 0.3) is 0 Å². The molecule has 0 aliphatic heterocycles. The van der Waals surface area contributed by atoms with Crippen LogP contribution in [0.5, 0.6) is 0 Å². The van der Waals surface area contributed by atoms with Crippen molar-refractivity contribution in [2.24, 2.45) is 23.7 Å². The zero-order valence-corrected chi connectivity index (χ0v) is 15.8. The number of carbonyl (C=O) groups is 2. The number of hydrazine groups is 1. The number of nitrogens with zero attached hydrogens (tertiary/aromatic N) is 1. The number of hydrogen-bond acceptors (Lipinski definition) is 3. The fraction of sp³-hybridized carbons (Fsp3) is 0.889. The highest BCUT2D eigenvalue weighted by atomic mass is 35.5. The van der Waals surface area contributed by atoms with Gasteiger partial charge >= 0.3 is 6.09 Å². The van der Waals surface area contributed by atoms with Gasteiger partial charge in [-0.25, -0.2) is 15.2 Å². The van der Waals surface area contributed by atoms with Gasteiger partial charge in [-0.2, -0.15) is 0 Å². The number of ether oxygens (including phenoxy) is 1. The molecule has 1 atom stereocenters. The highest BCUT2D eigenvalue weighted by molar-refractivity contribution is 6.30. The van der Waals surface area contributed by atoms with Gasteiger partial charge in [-0.3, -0.25) is 4.79 Å². The van der Waals surface area contributed by atoms with Gasteiger partial charge < -0.3 is 4.74 Å². The molecule has 4 saturated carbocycles. The Morgan fingerprint density at radius 2 is 1.58 bits per heavy atom. The lowest BCUT2D eigenvalue weighted by Gasteiger charge is -2.56. The molecular weight excluding hydrogens is 328 g/mol. The number of carbonyl (C=O) groups excluding carboxylic acids is 2. The molecule has 0 spiro atoms. The van der Waals surface area contributed by atoms with Crippen molar-refractivity contribution in [1.29, 1.82) is 0 Å². The molecule has 0 heterocycles. The summed E-state index contributed by atoms with van der Waals surface area (Å²) in [4.78, 5) is 25.0. The SMILES string of the molecule is CC(Cl)C(=O)N(NC(=O)OC(C)(C)C)C1C2CC3CC(C2)CC1C3. The van der Waals surface area contributed by atoms with Crippen molar-refractivity contribution in [3.8, 4) is 0 Å². The highest BCUT2D eigenvalue weighted by Gasteiger charge is 2.52. The summed E-state index contributed by atoms with van der Waals surface area (Å²) in [7, 11) is 0. The first-order chi connectivity index (χ1) is 11.1. The summed E-state index contributed by atoms with van der Waals surface area (Å²) >= 11 is 6.07. The fourth-order valence-corrected chi connectivity index (χ4v) is 5.29. The van der Waals surface area contributed by atoms with Crippen LogP contribution in [0, 0.1) is 23.7 Å². The molecule has 4 rings (SSSR count). The fourth-order valence-electron chi connectivity index (χ4n) is 5.19. The molecule has 4 aliphatic rings. The third-order valence-corrected chi connectivity index (χ3v) is 5.85. The molecule has 0 saturated heterocycles. The average Bonchev–Trinajstić information content (AvgIpc) is 2.42. The summed E-state index contributed by atoms with van der Waals surface area (Å²) < 4.78 is 5.35. The second kappa shape index (κ2) is 6.40. The van der Waals surface area contributed by atoms with Crippen molar-refractivity contribution in [1.82, 2.24) is 10.4 Å². The topological polar surface area (TPSA) is 58.6 Å². The second-order valence-corrected chi connectivity index (χ2v) is 9.51. The minimum absolute atomic E-state index is 0.0546. The van der Waals surface area contributed by atoms with Gasteiger partial charge in [0.25, 0.3) is 5.91 Å². The van der Waals surface area contributed by atoms with E-state index in [-0.39, 0.29) is 11.9 Å². The zero-order chi connectivity index (χ0) is 17.6. The van der Waals surface area contributed by atoms with Gasteiger partial charge in [-0.1, -0.05) is 0 Å². The molecule has 1 N–H and O–H groups in total. The minimum atomic E-state index is -0.669. The van der Waals surface area contributed by atoms with Crippen LogP contribution in [-0.4, -0.2) is 34.0 Å². The van der Waals surface area contributed by atoms with Crippen LogP contribution < -0.4 is 5.43 Å². The summed E-state index contributed by atoms with van der Waals surface area (Å²) in [5, 5.41) is 0.843. The lowest BCUT2D eigenvalue weighted by atomic mass is 9.54. The summed E-state index contributed by atoms with van der Waals surface area (Å²) in [6, 6.07) is 0.0546. The normalized spacial score (nSPS) is 35.5. The molecule has 1 unspecified atom stereocenters. The molecular formula is C18H29ClN2O3. The minimum Gasteiger partial charge on any atom is -0.443 e. The van der Waals surface area contributed by atoms with E-state index in [9.17, 15) is 9.59 Å². The van der Waals surface area contributed by atoms with Crippen molar-refractivity contribution < 1.29 is 14.3 Å². The summed E-state index contributed by atoms with van der Waals surface area (Å²) in [6.45, 7) is 7.09. The van der Waals surface area contributed by atoms with Crippen molar-refractivity contribution >= 4 is 23.6 Å². The number of halogens is 1. The van der Waals surface area contributed by atoms with E-state index in [4.69, 9.17) is 16.3 Å². The lowest BCUT2D eigenvalue weighted by Crippen LogP contribution is -2.63. The first-order valence-corrected chi connectivity index (χ1v) is 9.54. The van der Waals surface area contributed by atoms with Crippen LogP contribution in [-0.2, 0) is 9.53 Å². The highest BCUT2D eigenvalue weighted by Crippen LogP contribution is 2.55. The third kappa shape index (κ3) is 3.66. The van der Waals surface area contributed by atoms with Gasteiger partial charge in [0.2, 0.25) is 0 Å². The Morgan fingerprint density at radius 1 is 1.08 bits per heavy atom. The van der Waals surface area contributed by atoms with Crippen LogP contribution in [0.1, 0.15) is 59.8 Å². The average molecular weight is 357 g/mol. The van der Waals surface area contributed by atoms with E-state index in [1.807, 2.05) is 20.8 Å². The lowest BCUT2D eigenvalue weighted by molar-refractivity contribution is -0.149. The Morgan fingerprint density at radius 3 is 2.00 bits per heavy atom. The standard InChI is InChI=1S/C18H29ClN2O3/c1-10(19)16(22)21(20-17(23)24-18(2,3)4)15-13-6-11-5-12(8-13)9-14(15)7-11/h10-15H,5-9H2,1-4H3,(H,20,23). The molecule has 4 aliphatic carbocycles. The van der Waals surface area contributed by atoms with Gasteiger partial charge in [-0.05, 0) is 83.5 Å². The quantitative estimate of drug-likeness (QED) is 0.606. The van der Waals surface area contributed by atoms with Gasteiger partial charge in [0.05, 0.1) is 6.04 Å². The smallest absolute Gasteiger partial charge is 0.426 e. The van der Waals surface area contributed by atoms with Crippen molar-refractivity contribution in [3.05, 3.63) is 0 Å². The van der Waals surface area contributed by atoms with Crippen LogP contribution in [0.2, 0.25) is 0 Å². The predicted octanol–water partition coefficient (Wildman–Crippen LogP) is 3.71. The molecule has 0 aromatic rings. The Kier molecular flexibility index (Phi) is 4.75. The molecule has 0 radical (unpaired) electrons. The van der Waals surface area contributed by atoms with E-state index in [0.717, 1.165) is 37.5 Å². The van der Waals surface area contributed by atoms with E-state index < -0.39 is 17.1 Å². The summed E-state index contributed by atoms with van der Waals surface area (Å²) in [6.07, 6.45) is 5.41. The van der Waals surface area contributed by atoms with Crippen LogP contribution in [0.15, 0.2) is 0 Å². The number of hydrogen-bond donors (Lipinski definition) is 1. The number of nitrogens with one attached hydrogen (secondary N) is 1. The summed E-state index contributed by atoms with van der Waals surface area (Å²) in [5.41, 5.74) is 2.12. The zero-order valence-electron chi connectivity index (χ0n) is 15.0. The summed E-state index contributed by atoms with van der Waals surface area (Å²) in [5.74, 6) is 2.30. The molecule has 4 fully saturated rings. The maximum absolute atomic E-state index is 12.7. The second-order valence-electron chi connectivity index (χ2n) is 8.86. The van der Waals surface area contributed by atoms with Crippen molar-refractivity contribution in [2.75, 3.05) is 0 Å². The first kappa shape index (κ1) is 17.8. The monoisotopic (exact) mass is 356 g/mol. The van der Waals surface area contributed by atoms with Crippen molar-refractivity contribution in [3.63, 3.8) is 0 Å². The van der Waals surface area contributed by atoms with E-state index in [2.05, 4.69) is 5.43 Å². The van der Waals surface area contributed by atoms with E-state index >= 15 is 0 Å². The Hall–Kier alpha value is -0.970. The molecule has 0 aromatic carbocycles. The number of rotatable bonds is 2. The Labute approximate surface area is 149 Å². The molecule has 0 aromatic heterocycles. The van der Waals surface area contributed by atoms with Crippen molar-refractivity contribution in [2.45, 2.75) is 76.8 Å². The number of alkyl halides is 1. The molecule has 4 bridgehead atoms. The largest absolute Gasteiger partial charge is 0.443 e. The van der Waals surface area contributed by atoms with E-state index in [0.29, 0.717) is 11.8 Å². The van der Waals surface area contributed by atoms with Gasteiger partial charge in [0, 0.05) is 0 Å².